The van der Waals surface area contributed by atoms with Crippen LogP contribution in [-0.4, -0.2) is 11.1 Å². The van der Waals surface area contributed by atoms with Crippen molar-refractivity contribution in [3.8, 4) is 5.75 Å². The van der Waals surface area contributed by atoms with Gasteiger partial charge in [-0.05, 0) is 59.0 Å². The van der Waals surface area contributed by atoms with E-state index in [0.717, 1.165) is 17.7 Å². The van der Waals surface area contributed by atoms with Crippen molar-refractivity contribution in [2.75, 3.05) is 0 Å². The summed E-state index contributed by atoms with van der Waals surface area (Å²) < 4.78 is 41.2. The Hall–Kier alpha value is -1.88. The van der Waals surface area contributed by atoms with Crippen molar-refractivity contribution in [3.63, 3.8) is 0 Å². The molecule has 1 nitrogen and oxygen atoms in total. The molecule has 0 bridgehead atoms. The van der Waals surface area contributed by atoms with Gasteiger partial charge < -0.3 is 4.74 Å². The molecule has 0 aliphatic heterocycles. The zero-order valence-electron chi connectivity index (χ0n) is 15.3. The standard InChI is InChI=1S/C21H25F3OS/c1-4-5-9-16-20(2,3)26(18-10-7-6-8-11-18)19-14-12-17(13-15-19)25-21(22,23)24/h5-15,26H,4,16H2,1-3H3/b9-5-. The second kappa shape index (κ2) is 8.67. The summed E-state index contributed by atoms with van der Waals surface area (Å²) in [6.45, 7) is 6.53. The van der Waals surface area contributed by atoms with Gasteiger partial charge >= 0.3 is 6.36 Å². The Morgan fingerprint density at radius 3 is 2.00 bits per heavy atom. The van der Waals surface area contributed by atoms with Gasteiger partial charge in [-0.25, -0.2) is 0 Å². The molecule has 0 amide bonds. The molecule has 2 aromatic rings. The Morgan fingerprint density at radius 2 is 1.46 bits per heavy atom. The monoisotopic (exact) mass is 382 g/mol. The van der Waals surface area contributed by atoms with Gasteiger partial charge in [0.2, 0.25) is 0 Å². The van der Waals surface area contributed by atoms with Crippen molar-refractivity contribution in [2.45, 2.75) is 54.5 Å². The van der Waals surface area contributed by atoms with Gasteiger partial charge in [0, 0.05) is 4.75 Å². The van der Waals surface area contributed by atoms with Gasteiger partial charge in [0.25, 0.3) is 0 Å². The topological polar surface area (TPSA) is 9.23 Å². The summed E-state index contributed by atoms with van der Waals surface area (Å²) in [5.41, 5.74) is 0. The van der Waals surface area contributed by atoms with Crippen LogP contribution in [-0.2, 0) is 0 Å². The maximum Gasteiger partial charge on any atom is 0.573 e. The molecule has 1 unspecified atom stereocenters. The normalized spacial score (nSPS) is 14.5. The minimum Gasteiger partial charge on any atom is -0.406 e. The molecule has 0 spiro atoms. The number of alkyl halides is 3. The van der Waals surface area contributed by atoms with E-state index < -0.39 is 17.3 Å². The van der Waals surface area contributed by atoms with E-state index in [-0.39, 0.29) is 10.5 Å². The minimum absolute atomic E-state index is 0.0330. The lowest BCUT2D eigenvalue weighted by molar-refractivity contribution is -0.274. The van der Waals surface area contributed by atoms with E-state index in [1.165, 1.54) is 17.0 Å². The summed E-state index contributed by atoms with van der Waals surface area (Å²) in [7, 11) is -0.744. The van der Waals surface area contributed by atoms with E-state index in [1.807, 2.05) is 18.2 Å². The lowest BCUT2D eigenvalue weighted by Gasteiger charge is -2.38. The zero-order valence-corrected chi connectivity index (χ0v) is 16.1. The fourth-order valence-electron chi connectivity index (χ4n) is 2.85. The van der Waals surface area contributed by atoms with Crippen LogP contribution in [0.4, 0.5) is 13.2 Å². The molecule has 5 heteroatoms. The van der Waals surface area contributed by atoms with Crippen LogP contribution in [0.15, 0.2) is 76.5 Å². The smallest absolute Gasteiger partial charge is 0.406 e. The third-order valence-corrected chi connectivity index (χ3v) is 6.99. The SMILES string of the molecule is CC/C=C\CC(C)(C)[SH](c1ccccc1)c1ccc(OC(F)(F)F)cc1. The maximum atomic E-state index is 12.4. The Bertz CT molecular complexity index is 706. The molecule has 1 atom stereocenters. The zero-order chi connectivity index (χ0) is 19.2. The molecular weight excluding hydrogens is 357 g/mol. The number of benzene rings is 2. The maximum absolute atomic E-state index is 12.4. The lowest BCUT2D eigenvalue weighted by Crippen LogP contribution is -2.20. The first kappa shape index (κ1) is 20.4. The average molecular weight is 382 g/mol. The van der Waals surface area contributed by atoms with Crippen LogP contribution in [0.25, 0.3) is 0 Å². The summed E-state index contributed by atoms with van der Waals surface area (Å²) >= 11 is 0. The lowest BCUT2D eigenvalue weighted by atomic mass is 10.1. The highest BCUT2D eigenvalue weighted by atomic mass is 32.2. The van der Waals surface area contributed by atoms with Gasteiger partial charge in [0.05, 0.1) is 0 Å². The third kappa shape index (κ3) is 5.84. The minimum atomic E-state index is -4.67. The van der Waals surface area contributed by atoms with Crippen LogP contribution in [0, 0.1) is 0 Å². The van der Waals surface area contributed by atoms with Crippen molar-refractivity contribution in [1.29, 1.82) is 0 Å². The first-order valence-corrected chi connectivity index (χ1v) is 9.93. The molecule has 0 radical (unpaired) electrons. The fraction of sp³-hybridized carbons (Fsp3) is 0.333. The van der Waals surface area contributed by atoms with Gasteiger partial charge in [-0.1, -0.05) is 51.1 Å². The highest BCUT2D eigenvalue weighted by Crippen LogP contribution is 2.56. The number of halogens is 3. The Balaban J connectivity index is 2.37. The number of hydrogen-bond acceptors (Lipinski definition) is 1. The Kier molecular flexibility index (Phi) is 6.81. The molecule has 0 N–H and O–H groups in total. The van der Waals surface area contributed by atoms with Crippen molar-refractivity contribution >= 4 is 10.9 Å². The van der Waals surface area contributed by atoms with Crippen LogP contribution in [0.3, 0.4) is 0 Å². The molecule has 142 valence electrons. The van der Waals surface area contributed by atoms with Crippen LogP contribution in [0.2, 0.25) is 0 Å². The molecule has 26 heavy (non-hydrogen) atoms. The number of thiol groups is 1. The third-order valence-electron chi connectivity index (χ3n) is 3.97. The van der Waals surface area contributed by atoms with Gasteiger partial charge in [-0.2, -0.15) is 10.9 Å². The summed E-state index contributed by atoms with van der Waals surface area (Å²) in [6.07, 6.45) is 1.57. The first-order chi connectivity index (χ1) is 12.2. The summed E-state index contributed by atoms with van der Waals surface area (Å²) in [5.74, 6) is -0.187. The second-order valence-electron chi connectivity index (χ2n) is 6.61. The van der Waals surface area contributed by atoms with E-state index in [2.05, 4.69) is 49.8 Å². The van der Waals surface area contributed by atoms with E-state index >= 15 is 0 Å². The van der Waals surface area contributed by atoms with Crippen molar-refractivity contribution < 1.29 is 17.9 Å². The molecule has 0 saturated carbocycles. The predicted molar refractivity (Wildman–Crippen MR) is 103 cm³/mol. The number of rotatable bonds is 7. The largest absolute Gasteiger partial charge is 0.573 e. The van der Waals surface area contributed by atoms with Crippen LogP contribution >= 0.6 is 10.9 Å². The first-order valence-electron chi connectivity index (χ1n) is 8.59. The van der Waals surface area contributed by atoms with E-state index in [1.54, 1.807) is 12.1 Å². The Labute approximate surface area is 156 Å². The van der Waals surface area contributed by atoms with E-state index in [4.69, 9.17) is 0 Å². The highest BCUT2D eigenvalue weighted by molar-refractivity contribution is 8.18. The predicted octanol–water partition coefficient (Wildman–Crippen LogP) is 7.14. The molecule has 0 aliphatic carbocycles. The second-order valence-corrected chi connectivity index (χ2v) is 9.52. The molecule has 2 rings (SSSR count). The average Bonchev–Trinajstić information content (AvgIpc) is 2.56. The fourth-order valence-corrected chi connectivity index (χ4v) is 5.75. The summed E-state index contributed by atoms with van der Waals surface area (Å²) in [6, 6.07) is 16.5. The molecule has 2 aromatic carbocycles. The van der Waals surface area contributed by atoms with Crippen LogP contribution in [0.1, 0.15) is 33.6 Å². The van der Waals surface area contributed by atoms with Gasteiger partial charge in [-0.3, -0.25) is 0 Å². The molecule has 0 saturated heterocycles. The van der Waals surface area contributed by atoms with Gasteiger partial charge in [0.1, 0.15) is 5.75 Å². The highest BCUT2D eigenvalue weighted by Gasteiger charge is 2.32. The molecular formula is C21H25F3OS. The van der Waals surface area contributed by atoms with E-state index in [0.29, 0.717) is 0 Å². The molecule has 0 aliphatic rings. The van der Waals surface area contributed by atoms with Crippen molar-refractivity contribution in [3.05, 3.63) is 66.7 Å². The molecule has 0 fully saturated rings. The van der Waals surface area contributed by atoms with Crippen LogP contribution in [0.5, 0.6) is 5.75 Å². The van der Waals surface area contributed by atoms with Crippen molar-refractivity contribution in [1.82, 2.24) is 0 Å². The molecule has 0 aromatic heterocycles. The number of allylic oxidation sites excluding steroid dienone is 2. The van der Waals surface area contributed by atoms with E-state index in [9.17, 15) is 13.2 Å². The quantitative estimate of drug-likeness (QED) is 0.395. The van der Waals surface area contributed by atoms with Gasteiger partial charge in [0.15, 0.2) is 0 Å². The van der Waals surface area contributed by atoms with Crippen molar-refractivity contribution in [2.24, 2.45) is 0 Å². The summed E-state index contributed by atoms with van der Waals surface area (Å²) in [5, 5.41) is 0. The number of ether oxygens (including phenoxy) is 1. The Morgan fingerprint density at radius 1 is 0.885 bits per heavy atom. The molecule has 0 heterocycles. The number of hydrogen-bond donors (Lipinski definition) is 1. The van der Waals surface area contributed by atoms with Crippen LogP contribution < -0.4 is 4.74 Å². The van der Waals surface area contributed by atoms with Gasteiger partial charge in [-0.15, -0.1) is 13.2 Å². The summed E-state index contributed by atoms with van der Waals surface area (Å²) in [4.78, 5) is 2.25.